The second-order valence-electron chi connectivity index (χ2n) is 4.56. The zero-order valence-corrected chi connectivity index (χ0v) is 9.87. The number of hydrogen-bond donors (Lipinski definition) is 3. The van der Waals surface area contributed by atoms with Gasteiger partial charge in [-0.3, -0.25) is 4.99 Å². The normalized spacial score (nSPS) is 44.6. The number of guanidine groups is 1. The molecule has 1 fully saturated rings. The highest BCUT2D eigenvalue weighted by Crippen LogP contribution is 2.30. The van der Waals surface area contributed by atoms with Crippen molar-refractivity contribution in [2.45, 2.75) is 36.8 Å². The Labute approximate surface area is 108 Å². The molecule has 3 heterocycles. The number of ether oxygens (including phenoxy) is 1. The monoisotopic (exact) mass is 271 g/mol. The molecule has 3 aliphatic heterocycles. The van der Waals surface area contributed by atoms with Gasteiger partial charge in [0.05, 0.1) is 12.9 Å². The van der Waals surface area contributed by atoms with Crippen molar-refractivity contribution in [3.8, 4) is 0 Å². The molecule has 0 saturated carbocycles. The Morgan fingerprint density at radius 3 is 3.00 bits per heavy atom. The Hall–Kier alpha value is -1.58. The van der Waals surface area contributed by atoms with Crippen LogP contribution in [0.1, 0.15) is 0 Å². The molecule has 1 saturated heterocycles. The van der Waals surface area contributed by atoms with Gasteiger partial charge in [0.1, 0.15) is 18.2 Å². The molecule has 19 heavy (non-hydrogen) atoms. The van der Waals surface area contributed by atoms with E-state index in [9.17, 15) is 9.50 Å². The van der Waals surface area contributed by atoms with E-state index in [0.717, 1.165) is 0 Å². The molecule has 3 aliphatic rings. The van der Waals surface area contributed by atoms with Gasteiger partial charge in [-0.2, -0.15) is 0 Å². The predicted molar refractivity (Wildman–Crippen MR) is 64.7 cm³/mol. The Bertz CT molecular complexity index is 456. The van der Waals surface area contributed by atoms with E-state index in [-0.39, 0.29) is 12.0 Å². The van der Waals surface area contributed by atoms with E-state index in [2.05, 4.69) is 15.0 Å². The van der Waals surface area contributed by atoms with E-state index < -0.39 is 37.4 Å². The lowest BCUT2D eigenvalue weighted by Gasteiger charge is -2.30. The molecule has 0 aromatic rings. The van der Waals surface area contributed by atoms with Gasteiger partial charge in [0, 0.05) is 6.21 Å². The minimum atomic E-state index is -1.65. The second kappa shape index (κ2) is 4.51. The molecule has 4 N–H and O–H groups in total. The topological polar surface area (TPSA) is 116 Å². The van der Waals surface area contributed by atoms with Crippen LogP contribution in [-0.2, 0) is 4.74 Å². The highest BCUT2D eigenvalue weighted by molar-refractivity contribution is 5.92. The van der Waals surface area contributed by atoms with Gasteiger partial charge < -0.3 is 25.6 Å². The van der Waals surface area contributed by atoms with E-state index in [1.54, 1.807) is 0 Å². The van der Waals surface area contributed by atoms with E-state index in [4.69, 9.17) is 15.6 Å². The van der Waals surface area contributed by atoms with E-state index in [1.165, 1.54) is 17.5 Å². The van der Waals surface area contributed by atoms with Gasteiger partial charge in [-0.1, -0.05) is 0 Å². The van der Waals surface area contributed by atoms with Crippen LogP contribution < -0.4 is 5.73 Å². The van der Waals surface area contributed by atoms with Gasteiger partial charge >= 0.3 is 0 Å². The van der Waals surface area contributed by atoms with Crippen LogP contribution in [0.2, 0.25) is 0 Å². The first-order chi connectivity index (χ1) is 9.11. The third kappa shape index (κ3) is 1.90. The zero-order valence-electron chi connectivity index (χ0n) is 9.87. The average Bonchev–Trinajstić information content (AvgIpc) is 2.92. The SMILES string of the molecule is NC1=NC2C(C=N1)N=CN2C1OC(CO)C(O)C1F. The molecule has 6 unspecified atom stereocenters. The van der Waals surface area contributed by atoms with Crippen molar-refractivity contribution < 1.29 is 19.3 Å². The molecule has 0 bridgehead atoms. The predicted octanol–water partition coefficient (Wildman–Crippen LogP) is -2.16. The quantitative estimate of drug-likeness (QED) is 0.529. The van der Waals surface area contributed by atoms with Crippen molar-refractivity contribution in [3.63, 3.8) is 0 Å². The van der Waals surface area contributed by atoms with Gasteiger partial charge in [0.15, 0.2) is 18.6 Å². The maximum absolute atomic E-state index is 14.0. The highest BCUT2D eigenvalue weighted by atomic mass is 19.1. The van der Waals surface area contributed by atoms with Crippen molar-refractivity contribution in [1.29, 1.82) is 0 Å². The van der Waals surface area contributed by atoms with Crippen molar-refractivity contribution in [2.75, 3.05) is 6.61 Å². The molecular weight excluding hydrogens is 257 g/mol. The number of aliphatic hydroxyl groups excluding tert-OH is 2. The summed E-state index contributed by atoms with van der Waals surface area (Å²) in [6.45, 7) is -0.454. The molecule has 0 aromatic carbocycles. The molecule has 0 aliphatic carbocycles. The standard InChI is InChI=1S/C10H14FN5O3/c11-6-7(18)5(2-17)19-9(6)16-3-14-4-1-13-10(12)15-8(4)16/h1,3-9,17-18H,2H2,(H2,12,15). The van der Waals surface area contributed by atoms with Crippen LogP contribution in [-0.4, -0.2) is 77.0 Å². The molecule has 0 radical (unpaired) electrons. The van der Waals surface area contributed by atoms with Gasteiger partial charge in [-0.15, -0.1) is 0 Å². The fraction of sp³-hybridized carbons (Fsp3) is 0.700. The van der Waals surface area contributed by atoms with Gasteiger partial charge in [-0.05, 0) is 0 Å². The summed E-state index contributed by atoms with van der Waals surface area (Å²) in [5, 5.41) is 18.6. The van der Waals surface area contributed by atoms with Crippen LogP contribution in [0.5, 0.6) is 0 Å². The lowest BCUT2D eigenvalue weighted by atomic mass is 10.1. The largest absolute Gasteiger partial charge is 0.394 e. The number of rotatable bonds is 2. The number of aliphatic hydroxyl groups is 2. The van der Waals surface area contributed by atoms with E-state index in [0.29, 0.717) is 0 Å². The number of nitrogens with zero attached hydrogens (tertiary/aromatic N) is 4. The first-order valence-electron chi connectivity index (χ1n) is 5.88. The minimum Gasteiger partial charge on any atom is -0.394 e. The number of hydrogen-bond acceptors (Lipinski definition) is 8. The Kier molecular flexibility index (Phi) is 2.96. The lowest BCUT2D eigenvalue weighted by molar-refractivity contribution is -0.0691. The third-order valence-electron chi connectivity index (χ3n) is 3.37. The number of nitrogens with two attached hydrogens (primary N) is 1. The summed E-state index contributed by atoms with van der Waals surface area (Å²) in [5.74, 6) is 0.0874. The van der Waals surface area contributed by atoms with E-state index >= 15 is 0 Å². The van der Waals surface area contributed by atoms with Crippen LogP contribution in [0.4, 0.5) is 4.39 Å². The molecule has 8 nitrogen and oxygen atoms in total. The summed E-state index contributed by atoms with van der Waals surface area (Å²) >= 11 is 0. The Morgan fingerprint density at radius 2 is 2.32 bits per heavy atom. The van der Waals surface area contributed by atoms with Gasteiger partial charge in [0.25, 0.3) is 0 Å². The maximum Gasteiger partial charge on any atom is 0.217 e. The molecule has 0 amide bonds. The molecule has 0 aromatic heterocycles. The first kappa shape index (κ1) is 12.5. The van der Waals surface area contributed by atoms with Crippen LogP contribution in [0.25, 0.3) is 0 Å². The summed E-state index contributed by atoms with van der Waals surface area (Å²) in [4.78, 5) is 13.5. The number of alkyl halides is 1. The summed E-state index contributed by atoms with van der Waals surface area (Å²) < 4.78 is 19.3. The number of fused-ring (bicyclic) bond motifs is 1. The summed E-state index contributed by atoms with van der Waals surface area (Å²) in [6.07, 6.45) is -2.61. The molecule has 104 valence electrons. The number of halogens is 1. The molecule has 9 heteroatoms. The highest BCUT2D eigenvalue weighted by Gasteiger charge is 2.50. The first-order valence-corrected chi connectivity index (χ1v) is 5.88. The van der Waals surface area contributed by atoms with Gasteiger partial charge in [-0.25, -0.2) is 14.4 Å². The second-order valence-corrected chi connectivity index (χ2v) is 4.56. The minimum absolute atomic E-state index is 0.0874. The van der Waals surface area contributed by atoms with Crippen molar-refractivity contribution in [3.05, 3.63) is 0 Å². The lowest BCUT2D eigenvalue weighted by Crippen LogP contribution is -2.48. The molecule has 3 rings (SSSR count). The zero-order chi connectivity index (χ0) is 13.6. The van der Waals surface area contributed by atoms with Crippen molar-refractivity contribution in [1.82, 2.24) is 4.90 Å². The average molecular weight is 271 g/mol. The van der Waals surface area contributed by atoms with Crippen LogP contribution in [0, 0.1) is 0 Å². The molecule has 6 atom stereocenters. The fourth-order valence-electron chi connectivity index (χ4n) is 2.37. The maximum atomic E-state index is 14.0. The fourth-order valence-corrected chi connectivity index (χ4v) is 2.37. The van der Waals surface area contributed by atoms with Gasteiger partial charge in [0.2, 0.25) is 5.96 Å². The molecular formula is C10H14FN5O3. The Balaban J connectivity index is 1.80. The smallest absolute Gasteiger partial charge is 0.217 e. The van der Waals surface area contributed by atoms with Crippen LogP contribution in [0.3, 0.4) is 0 Å². The van der Waals surface area contributed by atoms with E-state index in [1.807, 2.05) is 0 Å². The van der Waals surface area contributed by atoms with Crippen LogP contribution >= 0.6 is 0 Å². The summed E-state index contributed by atoms with van der Waals surface area (Å²) in [7, 11) is 0. The van der Waals surface area contributed by atoms with Crippen LogP contribution in [0.15, 0.2) is 15.0 Å². The Morgan fingerprint density at radius 1 is 1.53 bits per heavy atom. The molecule has 0 spiro atoms. The summed E-state index contributed by atoms with van der Waals surface area (Å²) in [5.41, 5.74) is 5.51. The number of aliphatic imine (C=N–C) groups is 3. The third-order valence-corrected chi connectivity index (χ3v) is 3.37. The summed E-state index contributed by atoms with van der Waals surface area (Å²) in [6, 6.07) is -0.339. The van der Waals surface area contributed by atoms with Crippen molar-refractivity contribution in [2.24, 2.45) is 20.7 Å². The van der Waals surface area contributed by atoms with Crippen molar-refractivity contribution >= 4 is 18.5 Å².